The quantitative estimate of drug-likeness (QED) is 0.636. The number of pyridine rings is 1. The molecule has 1 heterocycles. The van der Waals surface area contributed by atoms with Gasteiger partial charge in [0.05, 0.1) is 12.7 Å². The number of hydrogen-bond acceptors (Lipinski definition) is 4. The van der Waals surface area contributed by atoms with Gasteiger partial charge in [-0.15, -0.1) is 0 Å². The predicted molar refractivity (Wildman–Crippen MR) is 88.9 cm³/mol. The van der Waals surface area contributed by atoms with Gasteiger partial charge < -0.3 is 9.47 Å². The summed E-state index contributed by atoms with van der Waals surface area (Å²) in [5.74, 6) is -0.823. The summed E-state index contributed by atoms with van der Waals surface area (Å²) in [5.41, 5.74) is -0.217. The maximum Gasteiger partial charge on any atom is 0.417 e. The molecule has 4 nitrogen and oxygen atoms in total. The van der Waals surface area contributed by atoms with E-state index in [-0.39, 0.29) is 28.8 Å². The van der Waals surface area contributed by atoms with Gasteiger partial charge in [-0.25, -0.2) is 9.78 Å². The molecule has 0 atom stereocenters. The van der Waals surface area contributed by atoms with Gasteiger partial charge in [0.25, 0.3) is 0 Å². The summed E-state index contributed by atoms with van der Waals surface area (Å²) >= 11 is 0. The van der Waals surface area contributed by atoms with E-state index in [0.717, 1.165) is 17.8 Å². The third-order valence-corrected chi connectivity index (χ3v) is 3.80. The van der Waals surface area contributed by atoms with Gasteiger partial charge in [0, 0.05) is 17.0 Å². The van der Waals surface area contributed by atoms with Crippen LogP contribution in [0.1, 0.15) is 21.6 Å². The van der Waals surface area contributed by atoms with Gasteiger partial charge in [-0.3, -0.25) is 0 Å². The number of halogens is 3. The van der Waals surface area contributed by atoms with E-state index in [4.69, 9.17) is 4.74 Å². The Kier molecular flexibility index (Phi) is 4.79. The zero-order valence-electron chi connectivity index (χ0n) is 13.7. The van der Waals surface area contributed by atoms with Crippen molar-refractivity contribution >= 4 is 16.7 Å². The Morgan fingerprint density at radius 3 is 2.42 bits per heavy atom. The second-order valence-corrected chi connectivity index (χ2v) is 5.47. The molecule has 0 radical (unpaired) electrons. The van der Waals surface area contributed by atoms with E-state index in [9.17, 15) is 18.0 Å². The molecule has 0 spiro atoms. The molecule has 2 aromatic carbocycles. The third kappa shape index (κ3) is 3.46. The lowest BCUT2D eigenvalue weighted by Crippen LogP contribution is -2.11. The molecule has 134 valence electrons. The number of carbonyl (C=O) groups is 1. The van der Waals surface area contributed by atoms with Crippen LogP contribution in [-0.4, -0.2) is 18.1 Å². The highest BCUT2D eigenvalue weighted by Crippen LogP contribution is 2.38. The smallest absolute Gasteiger partial charge is 0.417 e. The standard InChI is InChI=1S/C19H14F3NO3/c1-25-18(24)16-17(26-11-12-6-3-2-4-7-12)13-8-5-9-15(19(20,21)22)14(13)10-23-16/h2-10H,11H2,1H3. The molecule has 0 unspecified atom stereocenters. The lowest BCUT2D eigenvalue weighted by Gasteiger charge is -2.15. The average molecular weight is 361 g/mol. The van der Waals surface area contributed by atoms with E-state index in [1.807, 2.05) is 18.2 Å². The van der Waals surface area contributed by atoms with Crippen LogP contribution in [0.3, 0.4) is 0 Å². The molecule has 3 aromatic rings. The average Bonchev–Trinajstić information content (AvgIpc) is 2.64. The van der Waals surface area contributed by atoms with Crippen molar-refractivity contribution in [1.82, 2.24) is 4.98 Å². The summed E-state index contributed by atoms with van der Waals surface area (Å²) in [6.45, 7) is 0.0713. The first-order valence-corrected chi connectivity index (χ1v) is 7.65. The minimum atomic E-state index is -4.55. The minimum Gasteiger partial charge on any atom is -0.486 e. The highest BCUT2D eigenvalue weighted by molar-refractivity contribution is 6.00. The zero-order valence-corrected chi connectivity index (χ0v) is 13.7. The van der Waals surface area contributed by atoms with Crippen molar-refractivity contribution in [3.63, 3.8) is 0 Å². The Morgan fingerprint density at radius 1 is 1.04 bits per heavy atom. The van der Waals surface area contributed by atoms with Crippen molar-refractivity contribution in [1.29, 1.82) is 0 Å². The van der Waals surface area contributed by atoms with Crippen LogP contribution >= 0.6 is 0 Å². The van der Waals surface area contributed by atoms with Gasteiger partial charge in [0.1, 0.15) is 6.61 Å². The van der Waals surface area contributed by atoms with Crippen molar-refractivity contribution in [2.24, 2.45) is 0 Å². The molecule has 7 heteroatoms. The summed E-state index contributed by atoms with van der Waals surface area (Å²) in [6.07, 6.45) is -3.54. The lowest BCUT2D eigenvalue weighted by atomic mass is 10.0. The van der Waals surface area contributed by atoms with E-state index in [2.05, 4.69) is 9.72 Å². The molecule has 3 rings (SSSR count). The Bertz CT molecular complexity index is 940. The zero-order chi connectivity index (χ0) is 18.7. The molecule has 0 aliphatic heterocycles. The largest absolute Gasteiger partial charge is 0.486 e. The van der Waals surface area contributed by atoms with E-state index >= 15 is 0 Å². The van der Waals surface area contributed by atoms with Crippen LogP contribution in [0.15, 0.2) is 54.7 Å². The molecular weight excluding hydrogens is 347 g/mol. The summed E-state index contributed by atoms with van der Waals surface area (Å²) in [4.78, 5) is 15.8. The molecule has 0 N–H and O–H groups in total. The molecule has 0 bridgehead atoms. The van der Waals surface area contributed by atoms with Crippen LogP contribution in [0.5, 0.6) is 5.75 Å². The maximum absolute atomic E-state index is 13.3. The van der Waals surface area contributed by atoms with E-state index in [0.29, 0.717) is 0 Å². The molecule has 0 aliphatic rings. The number of benzene rings is 2. The summed E-state index contributed by atoms with van der Waals surface area (Å²) < 4.78 is 50.2. The van der Waals surface area contributed by atoms with Crippen LogP contribution in [-0.2, 0) is 17.5 Å². The topological polar surface area (TPSA) is 48.4 Å². The number of methoxy groups -OCH3 is 1. The van der Waals surface area contributed by atoms with E-state index in [1.165, 1.54) is 19.2 Å². The Labute approximate surface area is 147 Å². The number of hydrogen-bond donors (Lipinski definition) is 0. The molecular formula is C19H14F3NO3. The molecule has 0 fully saturated rings. The summed E-state index contributed by atoms with van der Waals surface area (Å²) in [5, 5.41) is 0.00173. The van der Waals surface area contributed by atoms with Gasteiger partial charge in [0.2, 0.25) is 0 Å². The Balaban J connectivity index is 2.14. The number of fused-ring (bicyclic) bond motifs is 1. The fraction of sp³-hybridized carbons (Fsp3) is 0.158. The number of esters is 1. The minimum absolute atomic E-state index is 0.0377. The van der Waals surface area contributed by atoms with Gasteiger partial charge in [-0.05, 0) is 11.6 Å². The third-order valence-electron chi connectivity index (χ3n) is 3.80. The van der Waals surface area contributed by atoms with Crippen LogP contribution in [0.25, 0.3) is 10.8 Å². The summed E-state index contributed by atoms with van der Waals surface area (Å²) in [7, 11) is 1.17. The molecule has 1 aromatic heterocycles. The van der Waals surface area contributed by atoms with Gasteiger partial charge >= 0.3 is 12.1 Å². The maximum atomic E-state index is 13.3. The van der Waals surface area contributed by atoms with E-state index in [1.54, 1.807) is 12.1 Å². The SMILES string of the molecule is COC(=O)c1ncc2c(C(F)(F)F)cccc2c1OCc1ccccc1. The number of ether oxygens (including phenoxy) is 2. The van der Waals surface area contributed by atoms with Crippen LogP contribution in [0.4, 0.5) is 13.2 Å². The second-order valence-electron chi connectivity index (χ2n) is 5.47. The van der Waals surface area contributed by atoms with Crippen molar-refractivity contribution in [3.05, 3.63) is 71.5 Å². The first kappa shape index (κ1) is 17.7. The fourth-order valence-electron chi connectivity index (χ4n) is 2.58. The van der Waals surface area contributed by atoms with Crippen molar-refractivity contribution in [2.75, 3.05) is 7.11 Å². The molecule has 0 amide bonds. The van der Waals surface area contributed by atoms with Gasteiger partial charge in [0.15, 0.2) is 11.4 Å². The van der Waals surface area contributed by atoms with Crippen LogP contribution in [0, 0.1) is 0 Å². The van der Waals surface area contributed by atoms with Crippen molar-refractivity contribution in [3.8, 4) is 5.75 Å². The Hall–Kier alpha value is -3.09. The Morgan fingerprint density at radius 2 is 1.77 bits per heavy atom. The number of nitrogens with zero attached hydrogens (tertiary/aromatic N) is 1. The number of carbonyl (C=O) groups excluding carboxylic acids is 1. The monoisotopic (exact) mass is 361 g/mol. The van der Waals surface area contributed by atoms with Crippen LogP contribution in [0.2, 0.25) is 0 Å². The molecule has 0 saturated heterocycles. The second kappa shape index (κ2) is 7.03. The first-order valence-electron chi connectivity index (χ1n) is 7.65. The van der Waals surface area contributed by atoms with Crippen LogP contribution < -0.4 is 4.74 Å². The number of aromatic nitrogens is 1. The lowest BCUT2D eigenvalue weighted by molar-refractivity contribution is -0.136. The highest BCUT2D eigenvalue weighted by Gasteiger charge is 2.33. The summed E-state index contributed by atoms with van der Waals surface area (Å²) in [6, 6.07) is 12.7. The molecule has 26 heavy (non-hydrogen) atoms. The predicted octanol–water partition coefficient (Wildman–Crippen LogP) is 4.62. The molecule has 0 saturated carbocycles. The van der Waals surface area contributed by atoms with Crippen molar-refractivity contribution in [2.45, 2.75) is 12.8 Å². The first-order chi connectivity index (χ1) is 12.4. The van der Waals surface area contributed by atoms with Crippen molar-refractivity contribution < 1.29 is 27.4 Å². The number of rotatable bonds is 4. The van der Waals surface area contributed by atoms with E-state index < -0.39 is 17.7 Å². The van der Waals surface area contributed by atoms with Gasteiger partial charge in [-0.2, -0.15) is 13.2 Å². The normalized spacial score (nSPS) is 11.4. The number of alkyl halides is 3. The molecule has 0 aliphatic carbocycles. The fourth-order valence-corrected chi connectivity index (χ4v) is 2.58. The van der Waals surface area contributed by atoms with Gasteiger partial charge in [-0.1, -0.05) is 42.5 Å². The highest BCUT2D eigenvalue weighted by atomic mass is 19.4.